The van der Waals surface area contributed by atoms with Crippen LogP contribution in [0.15, 0.2) is 29.3 Å². The number of likely N-dealkylation sites (tertiary alicyclic amines) is 1. The number of carbonyl (C=O) groups is 1. The lowest BCUT2D eigenvalue weighted by Gasteiger charge is -2.26. The lowest BCUT2D eigenvalue weighted by atomic mass is 9.88. The third kappa shape index (κ3) is 8.50. The molecule has 0 bridgehead atoms. The van der Waals surface area contributed by atoms with Gasteiger partial charge in [-0.3, -0.25) is 9.79 Å². The van der Waals surface area contributed by atoms with E-state index in [0.29, 0.717) is 5.91 Å². The highest BCUT2D eigenvalue weighted by Crippen LogP contribution is 2.26. The Labute approximate surface area is 204 Å². The number of aliphatic imine (C=N–C) groups is 1. The molecule has 1 amide bonds. The smallest absolute Gasteiger partial charge is 0.225 e. The summed E-state index contributed by atoms with van der Waals surface area (Å²) in [5.41, 5.74) is 1.24. The number of aryl methyl sites for hydroxylation is 1. The van der Waals surface area contributed by atoms with E-state index in [4.69, 9.17) is 4.74 Å². The number of amides is 1. The minimum Gasteiger partial charge on any atom is -0.494 e. The average molecular weight is 543 g/mol. The van der Waals surface area contributed by atoms with Crippen molar-refractivity contribution in [3.63, 3.8) is 0 Å². The van der Waals surface area contributed by atoms with Crippen LogP contribution < -0.4 is 15.4 Å². The molecule has 1 unspecified atom stereocenters. The van der Waals surface area contributed by atoms with Crippen molar-refractivity contribution in [2.45, 2.75) is 64.3 Å². The van der Waals surface area contributed by atoms with Gasteiger partial charge in [-0.2, -0.15) is 0 Å². The fraction of sp³-hybridized carbons (Fsp3) is 0.667. The Morgan fingerprint density at radius 2 is 1.87 bits per heavy atom. The Balaban J connectivity index is 0.00000341. The number of nitrogens with one attached hydrogen (secondary N) is 2. The van der Waals surface area contributed by atoms with Crippen molar-refractivity contribution in [2.75, 3.05) is 33.3 Å². The normalized spacial score (nSPS) is 19.6. The molecule has 31 heavy (non-hydrogen) atoms. The molecule has 2 N–H and O–H groups in total. The molecule has 1 saturated heterocycles. The zero-order valence-corrected chi connectivity index (χ0v) is 21.4. The molecule has 1 aliphatic heterocycles. The van der Waals surface area contributed by atoms with E-state index in [1.165, 1.54) is 24.8 Å². The summed E-state index contributed by atoms with van der Waals surface area (Å²) < 4.78 is 5.78. The van der Waals surface area contributed by atoms with Gasteiger partial charge in [0.05, 0.1) is 6.61 Å². The first kappa shape index (κ1) is 25.7. The first-order valence-corrected chi connectivity index (χ1v) is 11.6. The number of hydrogen-bond donors (Lipinski definition) is 2. The van der Waals surface area contributed by atoms with Crippen LogP contribution in [-0.2, 0) is 4.79 Å². The van der Waals surface area contributed by atoms with Gasteiger partial charge in [-0.15, -0.1) is 24.0 Å². The van der Waals surface area contributed by atoms with E-state index in [1.54, 1.807) is 7.05 Å². The molecule has 174 valence electrons. The number of rotatable bonds is 8. The Morgan fingerprint density at radius 1 is 1.13 bits per heavy atom. The Kier molecular flexibility index (Phi) is 11.5. The molecule has 1 saturated carbocycles. The number of benzene rings is 1. The first-order chi connectivity index (χ1) is 14.7. The Bertz CT molecular complexity index is 689. The third-order valence-corrected chi connectivity index (χ3v) is 6.17. The minimum absolute atomic E-state index is 0. The van der Waals surface area contributed by atoms with Gasteiger partial charge < -0.3 is 20.3 Å². The van der Waals surface area contributed by atoms with Crippen LogP contribution in [0.25, 0.3) is 0 Å². The molecule has 2 fully saturated rings. The molecular formula is C24H39IN4O2. The van der Waals surface area contributed by atoms with Crippen LogP contribution in [0.5, 0.6) is 5.75 Å². The topological polar surface area (TPSA) is 66.0 Å². The molecule has 0 radical (unpaired) electrons. The summed E-state index contributed by atoms with van der Waals surface area (Å²) in [6.07, 6.45) is 8.84. The Hall–Kier alpha value is -1.51. The second-order valence-corrected chi connectivity index (χ2v) is 8.62. The van der Waals surface area contributed by atoms with Crippen molar-refractivity contribution in [1.29, 1.82) is 0 Å². The SMILES string of the molecule is CN=C(NCCCCOc1ccc(C)cc1)NC1CCN(C(=O)C2CCCCC2)C1.I. The summed E-state index contributed by atoms with van der Waals surface area (Å²) in [6, 6.07) is 8.46. The maximum absolute atomic E-state index is 12.7. The maximum Gasteiger partial charge on any atom is 0.225 e. The fourth-order valence-electron chi connectivity index (χ4n) is 4.33. The fourth-order valence-corrected chi connectivity index (χ4v) is 4.33. The number of unbranched alkanes of at least 4 members (excludes halogenated alkanes) is 1. The van der Waals surface area contributed by atoms with Gasteiger partial charge in [-0.25, -0.2) is 0 Å². The highest BCUT2D eigenvalue weighted by molar-refractivity contribution is 14.0. The highest BCUT2D eigenvalue weighted by Gasteiger charge is 2.31. The molecule has 1 heterocycles. The van der Waals surface area contributed by atoms with Gasteiger partial charge in [-0.1, -0.05) is 37.0 Å². The lowest BCUT2D eigenvalue weighted by molar-refractivity contribution is -0.135. The molecular weight excluding hydrogens is 503 g/mol. The number of nitrogens with zero attached hydrogens (tertiary/aromatic N) is 2. The van der Waals surface area contributed by atoms with Crippen molar-refractivity contribution in [2.24, 2.45) is 10.9 Å². The zero-order valence-electron chi connectivity index (χ0n) is 19.1. The molecule has 2 aliphatic rings. The van der Waals surface area contributed by atoms with Gasteiger partial charge in [-0.05, 0) is 51.2 Å². The molecule has 7 heteroatoms. The summed E-state index contributed by atoms with van der Waals surface area (Å²) in [4.78, 5) is 19.1. The number of ether oxygens (including phenoxy) is 1. The lowest BCUT2D eigenvalue weighted by Crippen LogP contribution is -2.45. The van der Waals surface area contributed by atoms with Crippen LogP contribution in [-0.4, -0.2) is 56.1 Å². The third-order valence-electron chi connectivity index (χ3n) is 6.17. The van der Waals surface area contributed by atoms with E-state index < -0.39 is 0 Å². The average Bonchev–Trinajstić information content (AvgIpc) is 3.25. The molecule has 0 aromatic heterocycles. The van der Waals surface area contributed by atoms with E-state index in [9.17, 15) is 4.79 Å². The van der Waals surface area contributed by atoms with Crippen molar-refractivity contribution in [3.8, 4) is 5.75 Å². The summed E-state index contributed by atoms with van der Waals surface area (Å²) >= 11 is 0. The van der Waals surface area contributed by atoms with Gasteiger partial charge in [0.15, 0.2) is 5.96 Å². The summed E-state index contributed by atoms with van der Waals surface area (Å²) in [5, 5.41) is 6.88. The van der Waals surface area contributed by atoms with Gasteiger partial charge in [0, 0.05) is 38.6 Å². The molecule has 1 aromatic carbocycles. The quantitative estimate of drug-likeness (QED) is 0.225. The van der Waals surface area contributed by atoms with Crippen LogP contribution in [0.2, 0.25) is 0 Å². The van der Waals surface area contributed by atoms with Crippen LogP contribution in [0.4, 0.5) is 0 Å². The van der Waals surface area contributed by atoms with E-state index >= 15 is 0 Å². The predicted octanol–water partition coefficient (Wildman–Crippen LogP) is 4.12. The largest absolute Gasteiger partial charge is 0.494 e. The van der Waals surface area contributed by atoms with Gasteiger partial charge >= 0.3 is 0 Å². The van der Waals surface area contributed by atoms with E-state index in [-0.39, 0.29) is 35.9 Å². The summed E-state index contributed by atoms with van der Waals surface area (Å²) in [5.74, 6) is 2.39. The minimum atomic E-state index is 0. The van der Waals surface area contributed by atoms with Gasteiger partial charge in [0.25, 0.3) is 0 Å². The summed E-state index contributed by atoms with van der Waals surface area (Å²) in [6.45, 7) is 5.31. The molecule has 1 aliphatic carbocycles. The second-order valence-electron chi connectivity index (χ2n) is 8.62. The van der Waals surface area contributed by atoms with Crippen molar-refractivity contribution in [1.82, 2.24) is 15.5 Å². The van der Waals surface area contributed by atoms with Gasteiger partial charge in [0.2, 0.25) is 5.91 Å². The highest BCUT2D eigenvalue weighted by atomic mass is 127. The van der Waals surface area contributed by atoms with Gasteiger partial charge in [0.1, 0.15) is 5.75 Å². The maximum atomic E-state index is 12.7. The second kappa shape index (κ2) is 13.8. The molecule has 6 nitrogen and oxygen atoms in total. The number of hydrogen-bond acceptors (Lipinski definition) is 3. The number of halogens is 1. The van der Waals surface area contributed by atoms with Crippen LogP contribution in [0.1, 0.15) is 56.9 Å². The van der Waals surface area contributed by atoms with E-state index in [0.717, 1.165) is 70.1 Å². The molecule has 3 rings (SSSR count). The predicted molar refractivity (Wildman–Crippen MR) is 137 cm³/mol. The van der Waals surface area contributed by atoms with Crippen molar-refractivity contribution < 1.29 is 9.53 Å². The van der Waals surface area contributed by atoms with Crippen LogP contribution in [0, 0.1) is 12.8 Å². The monoisotopic (exact) mass is 542 g/mol. The van der Waals surface area contributed by atoms with Crippen LogP contribution in [0.3, 0.4) is 0 Å². The number of carbonyl (C=O) groups excluding carboxylic acids is 1. The first-order valence-electron chi connectivity index (χ1n) is 11.6. The zero-order chi connectivity index (χ0) is 21.2. The van der Waals surface area contributed by atoms with E-state index in [2.05, 4.69) is 39.6 Å². The molecule has 1 atom stereocenters. The van der Waals surface area contributed by atoms with Crippen molar-refractivity contribution in [3.05, 3.63) is 29.8 Å². The number of guanidine groups is 1. The van der Waals surface area contributed by atoms with E-state index in [1.807, 2.05) is 12.1 Å². The van der Waals surface area contributed by atoms with Crippen LogP contribution >= 0.6 is 24.0 Å². The van der Waals surface area contributed by atoms with Crippen molar-refractivity contribution >= 4 is 35.8 Å². The Morgan fingerprint density at radius 3 is 2.58 bits per heavy atom. The standard InChI is InChI=1S/C24H38N4O2.HI/c1-19-10-12-22(13-11-19)30-17-7-6-15-26-24(25-2)27-21-14-16-28(18-21)23(29)20-8-4-3-5-9-20;/h10-13,20-21H,3-9,14-18H2,1-2H3,(H2,25,26,27);1H. The molecule has 0 spiro atoms. The summed E-state index contributed by atoms with van der Waals surface area (Å²) in [7, 11) is 1.80. The molecule has 1 aromatic rings.